The van der Waals surface area contributed by atoms with Crippen LogP contribution in [0.25, 0.3) is 0 Å². The lowest BCUT2D eigenvalue weighted by molar-refractivity contribution is -0.141. The second kappa shape index (κ2) is 6.19. The van der Waals surface area contributed by atoms with E-state index in [1.54, 1.807) is 0 Å². The molecule has 8 heteroatoms. The fourth-order valence-corrected chi connectivity index (χ4v) is 2.27. The highest BCUT2D eigenvalue weighted by Crippen LogP contribution is 2.28. The van der Waals surface area contributed by atoms with E-state index in [0.717, 1.165) is 18.9 Å². The number of carbonyl (C=O) groups is 1. The van der Waals surface area contributed by atoms with Gasteiger partial charge in [-0.15, -0.1) is 0 Å². The number of hydrogen-bond donors (Lipinski definition) is 1. The van der Waals surface area contributed by atoms with Crippen LogP contribution in [0.15, 0.2) is 18.2 Å². The summed E-state index contributed by atoms with van der Waals surface area (Å²) in [6.07, 6.45) is -3.39. The van der Waals surface area contributed by atoms with Gasteiger partial charge in [-0.2, -0.15) is 13.2 Å². The van der Waals surface area contributed by atoms with E-state index in [1.165, 1.54) is 24.1 Å². The zero-order chi connectivity index (χ0) is 15.5. The molecule has 1 aliphatic rings. The maximum absolute atomic E-state index is 12.6. The van der Waals surface area contributed by atoms with Crippen LogP contribution >= 0.6 is 0 Å². The van der Waals surface area contributed by atoms with Crippen molar-refractivity contribution in [3.05, 3.63) is 23.9 Å². The van der Waals surface area contributed by atoms with Crippen LogP contribution in [0.3, 0.4) is 0 Å². The van der Waals surface area contributed by atoms with Crippen molar-refractivity contribution in [2.45, 2.75) is 25.1 Å². The summed E-state index contributed by atoms with van der Waals surface area (Å²) in [6.45, 7) is 0.964. The summed E-state index contributed by atoms with van der Waals surface area (Å²) in [7, 11) is 1.30. The molecule has 1 atom stereocenters. The maximum atomic E-state index is 12.6. The number of alkyl halides is 3. The molecule has 1 aromatic rings. The molecule has 1 aromatic heterocycles. The number of nitrogens with zero attached hydrogens (tertiary/aromatic N) is 2. The van der Waals surface area contributed by atoms with E-state index >= 15 is 0 Å². The lowest BCUT2D eigenvalue weighted by Crippen LogP contribution is -2.45. The number of halogens is 3. The number of piperidine rings is 1. The number of methoxy groups -OCH3 is 1. The molecule has 0 radical (unpaired) electrons. The number of anilines is 1. The fourth-order valence-electron chi connectivity index (χ4n) is 2.27. The van der Waals surface area contributed by atoms with E-state index in [4.69, 9.17) is 0 Å². The first-order chi connectivity index (χ1) is 9.90. The summed E-state index contributed by atoms with van der Waals surface area (Å²) >= 11 is 0. The SMILES string of the molecule is COC(=O)N1CCCC(Nc2cccc(C(F)(F)F)n2)C1. The standard InChI is InChI=1S/C13H16F3N3O2/c1-21-12(20)19-7-3-4-9(8-19)17-11-6-2-5-10(18-11)13(14,15)16/h2,5-6,9H,3-4,7-8H2,1H3,(H,17,18). The highest BCUT2D eigenvalue weighted by molar-refractivity contribution is 5.67. The van der Waals surface area contributed by atoms with Crippen molar-refractivity contribution in [2.24, 2.45) is 0 Å². The van der Waals surface area contributed by atoms with Gasteiger partial charge >= 0.3 is 12.3 Å². The molecular weight excluding hydrogens is 287 g/mol. The van der Waals surface area contributed by atoms with Crippen LogP contribution in [-0.4, -0.2) is 42.2 Å². The van der Waals surface area contributed by atoms with Crippen LogP contribution in [0.4, 0.5) is 23.8 Å². The van der Waals surface area contributed by atoms with Gasteiger partial charge in [-0.05, 0) is 25.0 Å². The third-order valence-electron chi connectivity index (χ3n) is 3.25. The number of nitrogens with one attached hydrogen (secondary N) is 1. The second-order valence-electron chi connectivity index (χ2n) is 4.81. The minimum Gasteiger partial charge on any atom is -0.453 e. The van der Waals surface area contributed by atoms with Crippen molar-refractivity contribution in [3.8, 4) is 0 Å². The third kappa shape index (κ3) is 3.99. The molecule has 5 nitrogen and oxygen atoms in total. The minimum absolute atomic E-state index is 0.145. The number of likely N-dealkylation sites (tertiary alicyclic amines) is 1. The normalized spacial score (nSPS) is 19.2. The number of amides is 1. The minimum atomic E-state index is -4.47. The fraction of sp³-hybridized carbons (Fsp3) is 0.538. The van der Waals surface area contributed by atoms with Crippen molar-refractivity contribution in [3.63, 3.8) is 0 Å². The predicted molar refractivity (Wildman–Crippen MR) is 69.9 cm³/mol. The van der Waals surface area contributed by atoms with Gasteiger partial charge in [-0.25, -0.2) is 9.78 Å². The molecule has 2 heterocycles. The molecule has 1 unspecified atom stereocenters. The molecule has 0 saturated carbocycles. The molecular formula is C13H16F3N3O2. The van der Waals surface area contributed by atoms with Gasteiger partial charge in [0.05, 0.1) is 7.11 Å². The van der Waals surface area contributed by atoms with E-state index in [2.05, 4.69) is 15.0 Å². The van der Waals surface area contributed by atoms with Gasteiger partial charge in [0.1, 0.15) is 11.5 Å². The lowest BCUT2D eigenvalue weighted by atomic mass is 10.1. The molecule has 1 N–H and O–H groups in total. The smallest absolute Gasteiger partial charge is 0.433 e. The van der Waals surface area contributed by atoms with E-state index in [-0.39, 0.29) is 11.9 Å². The molecule has 21 heavy (non-hydrogen) atoms. The maximum Gasteiger partial charge on any atom is 0.433 e. The van der Waals surface area contributed by atoms with Gasteiger partial charge in [0.25, 0.3) is 0 Å². The molecule has 0 bridgehead atoms. The molecule has 0 aliphatic carbocycles. The van der Waals surface area contributed by atoms with E-state index in [1.807, 2.05) is 0 Å². The van der Waals surface area contributed by atoms with E-state index < -0.39 is 18.0 Å². The predicted octanol–water partition coefficient (Wildman–Crippen LogP) is 2.74. The Morgan fingerprint density at radius 1 is 1.48 bits per heavy atom. The van der Waals surface area contributed by atoms with Crippen molar-refractivity contribution < 1.29 is 22.7 Å². The van der Waals surface area contributed by atoms with Gasteiger partial charge in [0.2, 0.25) is 0 Å². The first-order valence-corrected chi connectivity index (χ1v) is 6.54. The Balaban J connectivity index is 2.03. The Labute approximate surface area is 120 Å². The molecule has 1 saturated heterocycles. The summed E-state index contributed by atoms with van der Waals surface area (Å²) in [6, 6.07) is 3.56. The molecule has 0 spiro atoms. The first-order valence-electron chi connectivity index (χ1n) is 6.54. The Morgan fingerprint density at radius 3 is 2.90 bits per heavy atom. The summed E-state index contributed by atoms with van der Waals surface area (Å²) in [5.41, 5.74) is -0.937. The largest absolute Gasteiger partial charge is 0.453 e. The van der Waals surface area contributed by atoms with Crippen molar-refractivity contribution in [1.29, 1.82) is 0 Å². The Morgan fingerprint density at radius 2 is 2.24 bits per heavy atom. The molecule has 1 amide bonds. The van der Waals surface area contributed by atoms with Crippen LogP contribution in [0.2, 0.25) is 0 Å². The van der Waals surface area contributed by atoms with E-state index in [0.29, 0.717) is 13.1 Å². The van der Waals surface area contributed by atoms with Gasteiger partial charge in [0.15, 0.2) is 0 Å². The second-order valence-corrected chi connectivity index (χ2v) is 4.81. The number of carbonyl (C=O) groups excluding carboxylic acids is 1. The van der Waals surface area contributed by atoms with Crippen LogP contribution in [0.1, 0.15) is 18.5 Å². The van der Waals surface area contributed by atoms with Crippen LogP contribution in [0.5, 0.6) is 0 Å². The van der Waals surface area contributed by atoms with E-state index in [9.17, 15) is 18.0 Å². The van der Waals surface area contributed by atoms with Crippen molar-refractivity contribution in [1.82, 2.24) is 9.88 Å². The zero-order valence-electron chi connectivity index (χ0n) is 11.5. The summed E-state index contributed by atoms with van der Waals surface area (Å²) in [5.74, 6) is 0.154. The topological polar surface area (TPSA) is 54.5 Å². The summed E-state index contributed by atoms with van der Waals surface area (Å²) < 4.78 is 42.4. The molecule has 1 aliphatic heterocycles. The Bertz CT molecular complexity index is 508. The van der Waals surface area contributed by atoms with Gasteiger partial charge < -0.3 is 15.0 Å². The highest BCUT2D eigenvalue weighted by atomic mass is 19.4. The summed E-state index contributed by atoms with van der Waals surface area (Å²) in [4.78, 5) is 16.5. The van der Waals surface area contributed by atoms with Gasteiger partial charge in [-0.1, -0.05) is 6.07 Å². The summed E-state index contributed by atoms with van der Waals surface area (Å²) in [5, 5.41) is 2.94. The van der Waals surface area contributed by atoms with Crippen molar-refractivity contribution in [2.75, 3.05) is 25.5 Å². The highest BCUT2D eigenvalue weighted by Gasteiger charge is 2.32. The number of hydrogen-bond acceptors (Lipinski definition) is 4. The van der Waals surface area contributed by atoms with Gasteiger partial charge in [-0.3, -0.25) is 0 Å². The third-order valence-corrected chi connectivity index (χ3v) is 3.25. The average molecular weight is 303 g/mol. The van der Waals surface area contributed by atoms with Crippen LogP contribution in [-0.2, 0) is 10.9 Å². The number of aromatic nitrogens is 1. The molecule has 1 fully saturated rings. The lowest BCUT2D eigenvalue weighted by Gasteiger charge is -2.32. The van der Waals surface area contributed by atoms with Crippen LogP contribution in [0, 0.1) is 0 Å². The Hall–Kier alpha value is -1.99. The zero-order valence-corrected chi connectivity index (χ0v) is 11.5. The monoisotopic (exact) mass is 303 g/mol. The molecule has 116 valence electrons. The first kappa shape index (κ1) is 15.4. The van der Waals surface area contributed by atoms with Crippen LogP contribution < -0.4 is 5.32 Å². The van der Waals surface area contributed by atoms with Crippen molar-refractivity contribution >= 4 is 11.9 Å². The number of ether oxygens (including phenoxy) is 1. The molecule has 2 rings (SSSR count). The number of pyridine rings is 1. The molecule has 0 aromatic carbocycles. The van der Waals surface area contributed by atoms with Gasteiger partial charge in [0, 0.05) is 19.1 Å². The average Bonchev–Trinajstić information content (AvgIpc) is 2.46. The quantitative estimate of drug-likeness (QED) is 0.913. The Kier molecular flexibility index (Phi) is 4.54. The number of rotatable bonds is 2.